The van der Waals surface area contributed by atoms with E-state index in [1.54, 1.807) is 6.08 Å². The summed E-state index contributed by atoms with van der Waals surface area (Å²) < 4.78 is 5.49. The van der Waals surface area contributed by atoms with Crippen LogP contribution in [0.1, 0.15) is 335 Å². The molecule has 0 saturated heterocycles. The van der Waals surface area contributed by atoms with E-state index in [0.29, 0.717) is 19.4 Å². The van der Waals surface area contributed by atoms with E-state index in [1.807, 2.05) is 6.08 Å². The lowest BCUT2D eigenvalue weighted by atomic mass is 10.0. The lowest BCUT2D eigenvalue weighted by Gasteiger charge is -2.20. The number of hydrogen-bond donors (Lipinski definition) is 3. The van der Waals surface area contributed by atoms with Gasteiger partial charge in [-0.05, 0) is 83.5 Å². The van der Waals surface area contributed by atoms with Crippen LogP contribution in [0, 0.1) is 0 Å². The first kappa shape index (κ1) is 68.1. The molecule has 0 spiro atoms. The molecule has 412 valence electrons. The molecule has 0 heterocycles. The molecule has 6 nitrogen and oxygen atoms in total. The topological polar surface area (TPSA) is 95.9 Å². The van der Waals surface area contributed by atoms with Crippen LogP contribution in [0.3, 0.4) is 0 Å². The fourth-order valence-electron chi connectivity index (χ4n) is 9.57. The summed E-state index contributed by atoms with van der Waals surface area (Å²) in [5.41, 5.74) is 0. The third kappa shape index (κ3) is 55.4. The Morgan fingerprint density at radius 2 is 0.671 bits per heavy atom. The Morgan fingerprint density at radius 1 is 0.386 bits per heavy atom. The first-order chi connectivity index (χ1) is 34.5. The van der Waals surface area contributed by atoms with Gasteiger partial charge in [0.25, 0.3) is 0 Å². The summed E-state index contributed by atoms with van der Waals surface area (Å²) in [6, 6.07) is -0.636. The monoisotopic (exact) mass is 984 g/mol. The predicted molar refractivity (Wildman–Crippen MR) is 306 cm³/mol. The summed E-state index contributed by atoms with van der Waals surface area (Å²) in [7, 11) is 0. The predicted octanol–water partition coefficient (Wildman–Crippen LogP) is 19.6. The average Bonchev–Trinajstić information content (AvgIpc) is 3.36. The third-order valence-electron chi connectivity index (χ3n) is 14.4. The van der Waals surface area contributed by atoms with Gasteiger partial charge in [-0.25, -0.2) is 0 Å². The lowest BCUT2D eigenvalue weighted by Crippen LogP contribution is -2.45. The quantitative estimate of drug-likeness (QED) is 0.0321. The first-order valence-electron chi connectivity index (χ1n) is 31.3. The maximum atomic E-state index is 12.5. The van der Waals surface area contributed by atoms with Crippen molar-refractivity contribution in [2.45, 2.75) is 347 Å². The molecule has 70 heavy (non-hydrogen) atoms. The Hall–Kier alpha value is -1.92. The van der Waals surface area contributed by atoms with Gasteiger partial charge in [0, 0.05) is 12.8 Å². The Labute approximate surface area is 436 Å². The van der Waals surface area contributed by atoms with Crippen molar-refractivity contribution >= 4 is 11.9 Å². The van der Waals surface area contributed by atoms with E-state index in [1.165, 1.54) is 257 Å². The van der Waals surface area contributed by atoms with Crippen molar-refractivity contribution in [3.05, 3.63) is 36.5 Å². The molecular weight excluding hydrogens is 863 g/mol. The van der Waals surface area contributed by atoms with Crippen LogP contribution in [-0.4, -0.2) is 47.4 Å². The Bertz CT molecular complexity index is 1130. The van der Waals surface area contributed by atoms with Crippen LogP contribution in [0.5, 0.6) is 0 Å². The average molecular weight is 985 g/mol. The van der Waals surface area contributed by atoms with E-state index in [2.05, 4.69) is 43.5 Å². The van der Waals surface area contributed by atoms with Crippen molar-refractivity contribution in [2.24, 2.45) is 0 Å². The highest BCUT2D eigenvalue weighted by atomic mass is 16.5. The van der Waals surface area contributed by atoms with Crippen molar-refractivity contribution in [3.63, 3.8) is 0 Å². The number of esters is 1. The molecular formula is C64H121NO5. The van der Waals surface area contributed by atoms with Gasteiger partial charge >= 0.3 is 5.97 Å². The summed E-state index contributed by atoms with van der Waals surface area (Å²) in [5, 5.41) is 23.1. The number of carbonyl (C=O) groups excluding carboxylic acids is 2. The highest BCUT2D eigenvalue weighted by Gasteiger charge is 2.18. The number of ether oxygens (including phenoxy) is 1. The highest BCUT2D eigenvalue weighted by Crippen LogP contribution is 2.17. The molecule has 0 aliphatic carbocycles. The zero-order valence-corrected chi connectivity index (χ0v) is 47.0. The molecule has 0 fully saturated rings. The number of nitrogens with one attached hydrogen (secondary N) is 1. The number of allylic oxidation sites excluding steroid dienone is 5. The van der Waals surface area contributed by atoms with E-state index < -0.39 is 12.1 Å². The van der Waals surface area contributed by atoms with Crippen LogP contribution in [-0.2, 0) is 14.3 Å². The lowest BCUT2D eigenvalue weighted by molar-refractivity contribution is -0.143. The second-order valence-corrected chi connectivity index (χ2v) is 21.4. The van der Waals surface area contributed by atoms with Crippen molar-refractivity contribution in [2.75, 3.05) is 13.2 Å². The summed E-state index contributed by atoms with van der Waals surface area (Å²) in [6.45, 7) is 4.90. The minimum Gasteiger partial charge on any atom is -0.466 e. The molecule has 0 aromatic carbocycles. The molecule has 0 saturated carbocycles. The molecule has 0 bridgehead atoms. The molecule has 2 unspecified atom stereocenters. The standard InChI is InChI=1S/C64H121NO5/c1-3-5-7-9-11-13-15-17-19-24-28-32-36-40-44-48-52-56-62(67)61(60-66)65-63(68)57-53-49-45-41-37-33-29-26-22-21-23-27-31-35-39-43-47-51-55-59-70-64(69)58-54-50-46-42-38-34-30-25-20-18-16-14-12-10-8-6-4-2/h18,20-22,52,56,61-62,66-67H,3-17,19,23-51,53-55,57-60H2,1-2H3,(H,65,68)/b20-18-,22-21-,56-52+. The fourth-order valence-corrected chi connectivity index (χ4v) is 9.57. The maximum Gasteiger partial charge on any atom is 0.305 e. The van der Waals surface area contributed by atoms with Gasteiger partial charge in [-0.15, -0.1) is 0 Å². The van der Waals surface area contributed by atoms with Crippen molar-refractivity contribution in [3.8, 4) is 0 Å². The van der Waals surface area contributed by atoms with Gasteiger partial charge in [-0.1, -0.05) is 275 Å². The molecule has 0 aliphatic heterocycles. The van der Waals surface area contributed by atoms with Crippen LogP contribution in [0.2, 0.25) is 0 Å². The fraction of sp³-hybridized carbons (Fsp3) is 0.875. The summed E-state index contributed by atoms with van der Waals surface area (Å²) in [6.07, 6.45) is 74.6. The minimum atomic E-state index is -0.851. The van der Waals surface area contributed by atoms with Gasteiger partial charge in [-0.3, -0.25) is 9.59 Å². The number of amides is 1. The molecule has 0 aromatic heterocycles. The van der Waals surface area contributed by atoms with E-state index in [9.17, 15) is 19.8 Å². The Balaban J connectivity index is 3.46. The molecule has 1 amide bonds. The van der Waals surface area contributed by atoms with Gasteiger partial charge in [0.2, 0.25) is 5.91 Å². The SMILES string of the molecule is CCCCCCCC/C=C\CCCCCCCCCC(=O)OCCCCCCCCCC/C=C\CCCCCCCCCC(=O)NC(CO)C(O)/C=C/CCCCCCCCCCCCCCCCC. The number of unbranched alkanes of at least 4 members (excludes halogenated alkanes) is 43. The van der Waals surface area contributed by atoms with Crippen LogP contribution < -0.4 is 5.32 Å². The molecule has 0 rings (SSSR count). The van der Waals surface area contributed by atoms with E-state index in [-0.39, 0.29) is 18.5 Å². The molecule has 0 aromatic rings. The number of aliphatic hydroxyl groups is 2. The number of rotatable bonds is 58. The zero-order valence-electron chi connectivity index (χ0n) is 47.0. The molecule has 0 radical (unpaired) electrons. The van der Waals surface area contributed by atoms with Gasteiger partial charge in [0.1, 0.15) is 0 Å². The van der Waals surface area contributed by atoms with Gasteiger partial charge in [0.15, 0.2) is 0 Å². The Kier molecular flexibility index (Phi) is 58.0. The van der Waals surface area contributed by atoms with Crippen molar-refractivity contribution in [1.82, 2.24) is 5.32 Å². The number of carbonyl (C=O) groups is 2. The molecule has 2 atom stereocenters. The minimum absolute atomic E-state index is 0.00000715. The largest absolute Gasteiger partial charge is 0.466 e. The first-order valence-corrected chi connectivity index (χ1v) is 31.3. The van der Waals surface area contributed by atoms with E-state index in [4.69, 9.17) is 4.74 Å². The van der Waals surface area contributed by atoms with Gasteiger partial charge in [0.05, 0.1) is 25.4 Å². The van der Waals surface area contributed by atoms with Crippen LogP contribution in [0.15, 0.2) is 36.5 Å². The van der Waals surface area contributed by atoms with E-state index in [0.717, 1.165) is 51.4 Å². The molecule has 0 aliphatic rings. The van der Waals surface area contributed by atoms with Crippen molar-refractivity contribution in [1.29, 1.82) is 0 Å². The maximum absolute atomic E-state index is 12.5. The van der Waals surface area contributed by atoms with Crippen LogP contribution >= 0.6 is 0 Å². The smallest absolute Gasteiger partial charge is 0.305 e. The highest BCUT2D eigenvalue weighted by molar-refractivity contribution is 5.76. The zero-order chi connectivity index (χ0) is 50.7. The van der Waals surface area contributed by atoms with Crippen molar-refractivity contribution < 1.29 is 24.5 Å². The molecule has 3 N–H and O–H groups in total. The normalized spacial score (nSPS) is 12.8. The van der Waals surface area contributed by atoms with Gasteiger partial charge < -0.3 is 20.3 Å². The molecule has 6 heteroatoms. The van der Waals surface area contributed by atoms with Gasteiger partial charge in [-0.2, -0.15) is 0 Å². The number of aliphatic hydroxyl groups excluding tert-OH is 2. The summed E-state index contributed by atoms with van der Waals surface area (Å²) >= 11 is 0. The Morgan fingerprint density at radius 3 is 1.01 bits per heavy atom. The number of hydrogen-bond acceptors (Lipinski definition) is 5. The summed E-state index contributed by atoms with van der Waals surface area (Å²) in [5.74, 6) is -0.0761. The third-order valence-corrected chi connectivity index (χ3v) is 14.4. The van der Waals surface area contributed by atoms with Crippen LogP contribution in [0.25, 0.3) is 0 Å². The summed E-state index contributed by atoms with van der Waals surface area (Å²) in [4.78, 5) is 24.6. The van der Waals surface area contributed by atoms with Crippen LogP contribution in [0.4, 0.5) is 0 Å². The second kappa shape index (κ2) is 59.6. The van der Waals surface area contributed by atoms with E-state index >= 15 is 0 Å². The second-order valence-electron chi connectivity index (χ2n) is 21.4.